The first kappa shape index (κ1) is 27.6. The summed E-state index contributed by atoms with van der Waals surface area (Å²) in [6, 6.07) is -1.00. The van der Waals surface area contributed by atoms with Crippen molar-refractivity contribution in [1.29, 1.82) is 0 Å². The van der Waals surface area contributed by atoms with Crippen molar-refractivity contribution in [2.24, 2.45) is 5.92 Å². The van der Waals surface area contributed by atoms with Gasteiger partial charge in [0.1, 0.15) is 6.04 Å². The predicted octanol–water partition coefficient (Wildman–Crippen LogP) is 0.553. The van der Waals surface area contributed by atoms with Crippen LogP contribution >= 0.6 is 0 Å². The summed E-state index contributed by atoms with van der Waals surface area (Å²) in [4.78, 5) is 66.4. The lowest BCUT2D eigenvalue weighted by atomic mass is 9.89. The van der Waals surface area contributed by atoms with Crippen LogP contribution in [0.5, 0.6) is 0 Å². The van der Waals surface area contributed by atoms with Crippen LogP contribution in [0.15, 0.2) is 0 Å². The molecule has 2 fully saturated rings. The summed E-state index contributed by atoms with van der Waals surface area (Å²) < 4.78 is 0. The van der Waals surface area contributed by atoms with E-state index in [2.05, 4.69) is 16.0 Å². The summed E-state index contributed by atoms with van der Waals surface area (Å²) in [5.74, 6) is -1.23. The highest BCUT2D eigenvalue weighted by Gasteiger charge is 2.28. The average molecular weight is 480 g/mol. The third-order valence-electron chi connectivity index (χ3n) is 6.72. The van der Waals surface area contributed by atoms with Gasteiger partial charge in [-0.05, 0) is 39.0 Å². The van der Waals surface area contributed by atoms with E-state index in [1.807, 2.05) is 13.8 Å². The van der Waals surface area contributed by atoms with Gasteiger partial charge in [0.2, 0.25) is 29.5 Å². The third-order valence-corrected chi connectivity index (χ3v) is 6.72. The Morgan fingerprint density at radius 1 is 0.882 bits per heavy atom. The molecule has 1 unspecified atom stereocenters. The van der Waals surface area contributed by atoms with Crippen LogP contribution in [-0.4, -0.2) is 84.1 Å². The van der Waals surface area contributed by atoms with Crippen LogP contribution in [0, 0.1) is 5.92 Å². The van der Waals surface area contributed by atoms with Gasteiger partial charge < -0.3 is 25.8 Å². The summed E-state index contributed by atoms with van der Waals surface area (Å²) in [6.45, 7) is 5.88. The molecule has 2 atom stereocenters. The lowest BCUT2D eigenvalue weighted by Crippen LogP contribution is -2.53. The van der Waals surface area contributed by atoms with Crippen molar-refractivity contribution < 1.29 is 24.0 Å². The second kappa shape index (κ2) is 13.9. The largest absolute Gasteiger partial charge is 0.356 e. The van der Waals surface area contributed by atoms with E-state index in [1.54, 1.807) is 11.8 Å². The maximum absolute atomic E-state index is 13.3. The summed E-state index contributed by atoms with van der Waals surface area (Å²) in [6.07, 6.45) is 6.34. The van der Waals surface area contributed by atoms with Gasteiger partial charge in [-0.3, -0.25) is 24.0 Å². The van der Waals surface area contributed by atoms with E-state index >= 15 is 0 Å². The van der Waals surface area contributed by atoms with Gasteiger partial charge in [0, 0.05) is 38.5 Å². The molecule has 2 aliphatic rings. The molecular weight excluding hydrogens is 438 g/mol. The lowest BCUT2D eigenvalue weighted by molar-refractivity contribution is -0.144. The zero-order valence-corrected chi connectivity index (χ0v) is 20.9. The van der Waals surface area contributed by atoms with Crippen LogP contribution in [0.1, 0.15) is 72.1 Å². The Morgan fingerprint density at radius 3 is 2.24 bits per heavy atom. The van der Waals surface area contributed by atoms with Crippen molar-refractivity contribution >= 4 is 29.5 Å². The molecule has 10 nitrogen and oxygen atoms in total. The SMILES string of the molecule is CCC(C)N1CC(=O)N[C@@H](C)C(=O)NCCC(=O)NCCC(=O)N(CC2CCCCC2)CC1=O. The Kier molecular flexibility index (Phi) is 11.3. The predicted molar refractivity (Wildman–Crippen MR) is 127 cm³/mol. The number of amides is 5. The number of carbonyl (C=O) groups is 5. The van der Waals surface area contributed by atoms with Crippen LogP contribution in [-0.2, 0) is 24.0 Å². The van der Waals surface area contributed by atoms with Gasteiger partial charge in [0.25, 0.3) is 0 Å². The van der Waals surface area contributed by atoms with E-state index < -0.39 is 17.9 Å². The molecule has 1 aliphatic carbocycles. The lowest BCUT2D eigenvalue weighted by Gasteiger charge is -2.33. The Balaban J connectivity index is 2.21. The topological polar surface area (TPSA) is 128 Å². The normalized spacial score (nSPS) is 24.2. The summed E-state index contributed by atoms with van der Waals surface area (Å²) >= 11 is 0. The zero-order chi connectivity index (χ0) is 25.1. The van der Waals surface area contributed by atoms with Crippen LogP contribution in [0.25, 0.3) is 0 Å². The van der Waals surface area contributed by atoms with Crippen LogP contribution in [0.2, 0.25) is 0 Å². The number of hydrogen-bond donors (Lipinski definition) is 3. The number of rotatable bonds is 4. The molecule has 10 heteroatoms. The molecule has 34 heavy (non-hydrogen) atoms. The quantitative estimate of drug-likeness (QED) is 0.543. The highest BCUT2D eigenvalue weighted by atomic mass is 16.2. The first-order valence-electron chi connectivity index (χ1n) is 12.6. The van der Waals surface area contributed by atoms with Crippen LogP contribution in [0.3, 0.4) is 0 Å². The fraction of sp³-hybridized carbons (Fsp3) is 0.792. The Bertz CT molecular complexity index is 737. The summed E-state index contributed by atoms with van der Waals surface area (Å²) in [5, 5.41) is 7.96. The molecule has 0 aromatic heterocycles. The van der Waals surface area contributed by atoms with E-state index in [0.29, 0.717) is 18.9 Å². The zero-order valence-electron chi connectivity index (χ0n) is 20.9. The molecule has 3 N–H and O–H groups in total. The summed E-state index contributed by atoms with van der Waals surface area (Å²) in [7, 11) is 0. The fourth-order valence-electron chi connectivity index (χ4n) is 4.42. The van der Waals surface area contributed by atoms with Gasteiger partial charge >= 0.3 is 0 Å². The van der Waals surface area contributed by atoms with Gasteiger partial charge in [-0.25, -0.2) is 0 Å². The van der Waals surface area contributed by atoms with Gasteiger partial charge in [-0.1, -0.05) is 26.2 Å². The van der Waals surface area contributed by atoms with E-state index in [9.17, 15) is 24.0 Å². The smallest absolute Gasteiger partial charge is 0.242 e. The molecule has 0 spiro atoms. The van der Waals surface area contributed by atoms with Crippen LogP contribution in [0.4, 0.5) is 0 Å². The standard InChI is InChI=1S/C24H41N5O5/c1-4-17(2)29-15-21(31)27-18(3)24(34)26-12-10-20(30)25-13-11-22(32)28(16-23(29)33)14-19-8-6-5-7-9-19/h17-19H,4-16H2,1-3H3,(H,25,30)(H,26,34)(H,27,31)/t17?,18-/m0/s1. The highest BCUT2D eigenvalue weighted by molar-refractivity contribution is 5.91. The number of carbonyl (C=O) groups excluding carboxylic acids is 5. The van der Waals surface area contributed by atoms with Crippen LogP contribution < -0.4 is 16.0 Å². The molecule has 0 aromatic carbocycles. The first-order valence-corrected chi connectivity index (χ1v) is 12.6. The maximum atomic E-state index is 13.3. The van der Waals surface area contributed by atoms with Crippen molar-refractivity contribution in [1.82, 2.24) is 25.8 Å². The summed E-state index contributed by atoms with van der Waals surface area (Å²) in [5.41, 5.74) is 0. The van der Waals surface area contributed by atoms with Crippen molar-refractivity contribution in [3.63, 3.8) is 0 Å². The third kappa shape index (κ3) is 8.95. The minimum atomic E-state index is -0.801. The molecule has 0 bridgehead atoms. The van der Waals surface area contributed by atoms with E-state index in [4.69, 9.17) is 0 Å². The highest BCUT2D eigenvalue weighted by Crippen LogP contribution is 2.24. The Labute approximate surface area is 202 Å². The molecule has 5 amide bonds. The average Bonchev–Trinajstić information content (AvgIpc) is 2.81. The Morgan fingerprint density at radius 2 is 1.56 bits per heavy atom. The fourth-order valence-corrected chi connectivity index (χ4v) is 4.42. The van der Waals surface area contributed by atoms with E-state index in [-0.39, 0.29) is 62.8 Å². The Hall–Kier alpha value is -2.65. The van der Waals surface area contributed by atoms with Gasteiger partial charge in [0.05, 0.1) is 13.1 Å². The van der Waals surface area contributed by atoms with E-state index in [0.717, 1.165) is 25.7 Å². The molecular formula is C24H41N5O5. The van der Waals surface area contributed by atoms with E-state index in [1.165, 1.54) is 11.3 Å². The molecule has 192 valence electrons. The first-order chi connectivity index (χ1) is 16.2. The number of hydrogen-bond acceptors (Lipinski definition) is 5. The van der Waals surface area contributed by atoms with Gasteiger partial charge in [-0.2, -0.15) is 0 Å². The van der Waals surface area contributed by atoms with Crippen molar-refractivity contribution in [2.45, 2.75) is 84.2 Å². The van der Waals surface area contributed by atoms with Crippen molar-refractivity contribution in [3.05, 3.63) is 0 Å². The molecule has 1 saturated heterocycles. The van der Waals surface area contributed by atoms with Crippen molar-refractivity contribution in [2.75, 3.05) is 32.7 Å². The minimum absolute atomic E-state index is 0.0761. The second-order valence-corrected chi connectivity index (χ2v) is 9.49. The van der Waals surface area contributed by atoms with Crippen molar-refractivity contribution in [3.8, 4) is 0 Å². The van der Waals surface area contributed by atoms with Gasteiger partial charge in [0.15, 0.2) is 0 Å². The maximum Gasteiger partial charge on any atom is 0.242 e. The van der Waals surface area contributed by atoms with Gasteiger partial charge in [-0.15, -0.1) is 0 Å². The molecule has 0 aromatic rings. The monoisotopic (exact) mass is 479 g/mol. The molecule has 0 radical (unpaired) electrons. The minimum Gasteiger partial charge on any atom is -0.356 e. The number of nitrogens with one attached hydrogen (secondary N) is 3. The molecule has 1 saturated carbocycles. The number of nitrogens with zero attached hydrogens (tertiary/aromatic N) is 2. The molecule has 1 heterocycles. The second-order valence-electron chi connectivity index (χ2n) is 9.49. The molecule has 1 aliphatic heterocycles. The molecule has 2 rings (SSSR count).